The van der Waals surface area contributed by atoms with Crippen LogP contribution in [0.2, 0.25) is 0 Å². The third kappa shape index (κ3) is 6.23. The van der Waals surface area contributed by atoms with Gasteiger partial charge in [-0.1, -0.05) is 88.1 Å². The normalized spacial score (nSPS) is 20.2. The van der Waals surface area contributed by atoms with Gasteiger partial charge in [-0.25, -0.2) is 27.2 Å². The highest BCUT2D eigenvalue weighted by molar-refractivity contribution is 6.35. The second-order valence-corrected chi connectivity index (χ2v) is 16.1. The molecule has 0 unspecified atom stereocenters. The number of rotatable bonds is 6. The lowest BCUT2D eigenvalue weighted by atomic mass is 9.79. The molecule has 7 aromatic rings. The Kier molecular flexibility index (Phi) is 9.18. The van der Waals surface area contributed by atoms with Gasteiger partial charge in [0.25, 0.3) is 0 Å². The highest BCUT2D eigenvalue weighted by atomic mass is 19.1. The molecule has 2 fully saturated rings. The highest BCUT2D eigenvalue weighted by Crippen LogP contribution is 2.44. The SMILES string of the molecule is CC1CCC(c2cc(F)c(OC(=O)c3ccc4c5cccc6c(C(=O)Oc7c(F)cc(C8CCC(C)CC8)cc7F)ccc(c7cccc3c74)c65)c(F)c2)CC1. The second kappa shape index (κ2) is 14.2. The molecule has 0 N–H and O–H groups in total. The summed E-state index contributed by atoms with van der Waals surface area (Å²) < 4.78 is 72.4. The molecular formula is C48H40F4O4. The van der Waals surface area contributed by atoms with Crippen LogP contribution in [-0.4, -0.2) is 11.9 Å². The van der Waals surface area contributed by atoms with E-state index >= 15 is 17.6 Å². The molecule has 8 heteroatoms. The predicted molar refractivity (Wildman–Crippen MR) is 211 cm³/mol. The average molecular weight is 757 g/mol. The minimum absolute atomic E-state index is 0.0627. The zero-order valence-corrected chi connectivity index (χ0v) is 31.2. The summed E-state index contributed by atoms with van der Waals surface area (Å²) in [6.45, 7) is 4.36. The fraction of sp³-hybridized carbons (Fsp3) is 0.292. The minimum atomic E-state index is -0.915. The second-order valence-electron chi connectivity index (χ2n) is 16.1. The van der Waals surface area contributed by atoms with Gasteiger partial charge < -0.3 is 9.47 Å². The Hall–Kier alpha value is -5.50. The number of hydrogen-bond acceptors (Lipinski definition) is 4. The van der Waals surface area contributed by atoms with Gasteiger partial charge in [-0.15, -0.1) is 0 Å². The Balaban J connectivity index is 1.05. The Morgan fingerprint density at radius 2 is 0.786 bits per heavy atom. The maximum atomic E-state index is 15.4. The highest BCUT2D eigenvalue weighted by Gasteiger charge is 2.28. The van der Waals surface area contributed by atoms with Crippen molar-refractivity contribution in [2.45, 2.75) is 77.0 Å². The zero-order chi connectivity index (χ0) is 38.8. The van der Waals surface area contributed by atoms with Crippen LogP contribution in [0.25, 0.3) is 43.1 Å². The third-order valence-electron chi connectivity index (χ3n) is 12.5. The molecule has 2 aliphatic rings. The van der Waals surface area contributed by atoms with Gasteiger partial charge in [0.15, 0.2) is 23.3 Å². The quantitative estimate of drug-likeness (QED) is 0.0557. The van der Waals surface area contributed by atoms with E-state index in [4.69, 9.17) is 9.47 Å². The summed E-state index contributed by atoms with van der Waals surface area (Å²) in [7, 11) is 0. The van der Waals surface area contributed by atoms with Crippen LogP contribution in [0.1, 0.15) is 109 Å². The molecule has 0 saturated heterocycles. The van der Waals surface area contributed by atoms with Gasteiger partial charge in [-0.05, 0) is 140 Å². The topological polar surface area (TPSA) is 52.6 Å². The lowest BCUT2D eigenvalue weighted by Gasteiger charge is -2.26. The molecule has 0 aliphatic heterocycles. The van der Waals surface area contributed by atoms with E-state index in [1.165, 1.54) is 24.3 Å². The van der Waals surface area contributed by atoms with Crippen molar-refractivity contribution in [2.75, 3.05) is 0 Å². The summed E-state index contributed by atoms with van der Waals surface area (Å²) in [6, 6.07) is 22.7. The summed E-state index contributed by atoms with van der Waals surface area (Å²) in [5.74, 6) is -5.60. The summed E-state index contributed by atoms with van der Waals surface area (Å²) in [6.07, 6.45) is 7.43. The predicted octanol–water partition coefficient (Wildman–Crippen LogP) is 13.3. The van der Waals surface area contributed by atoms with Crippen LogP contribution < -0.4 is 9.47 Å². The standard InChI is InChI=1S/C48H40F4O4/c1-25-9-13-27(14-10-25)29-21-39(49)45(40(50)22-29)55-47(53)37-19-17-35-32-6-4-8-34-38(20-18-36(44(32)34)31-5-3-7-33(37)43(31)35)48(54)56-46-41(51)23-30(24-42(46)52)28-15-11-26(2)12-16-28/h3-8,17-28H,9-16H2,1-2H3. The molecule has 2 saturated carbocycles. The summed E-state index contributed by atoms with van der Waals surface area (Å²) in [5, 5.41) is 5.60. The fourth-order valence-electron chi connectivity index (χ4n) is 9.37. The van der Waals surface area contributed by atoms with Crippen molar-refractivity contribution < 1.29 is 36.6 Å². The van der Waals surface area contributed by atoms with E-state index in [9.17, 15) is 9.59 Å². The number of hydrogen-bond donors (Lipinski definition) is 0. The molecule has 0 amide bonds. The van der Waals surface area contributed by atoms with Crippen molar-refractivity contribution in [1.29, 1.82) is 0 Å². The van der Waals surface area contributed by atoms with Crippen LogP contribution in [-0.2, 0) is 0 Å². The summed E-state index contributed by atoms with van der Waals surface area (Å²) in [4.78, 5) is 27.4. The van der Waals surface area contributed by atoms with Crippen LogP contribution in [0.3, 0.4) is 0 Å². The van der Waals surface area contributed by atoms with Gasteiger partial charge in [-0.3, -0.25) is 0 Å². The molecule has 0 bridgehead atoms. The van der Waals surface area contributed by atoms with Crippen LogP contribution in [0.4, 0.5) is 17.6 Å². The smallest absolute Gasteiger partial charge is 0.344 e. The first-order chi connectivity index (χ1) is 27.0. The number of esters is 2. The first-order valence-corrected chi connectivity index (χ1v) is 19.6. The molecule has 0 heterocycles. The number of halogens is 4. The lowest BCUT2D eigenvalue weighted by Crippen LogP contribution is -2.14. The molecule has 0 atom stereocenters. The Labute approximate surface area is 321 Å². The Morgan fingerprint density at radius 3 is 1.14 bits per heavy atom. The summed E-state index contributed by atoms with van der Waals surface area (Å²) in [5.41, 5.74) is 1.43. The monoisotopic (exact) mass is 756 g/mol. The molecule has 2 aliphatic carbocycles. The first kappa shape index (κ1) is 36.2. The van der Waals surface area contributed by atoms with E-state index in [2.05, 4.69) is 13.8 Å². The number of ether oxygens (including phenoxy) is 2. The fourth-order valence-corrected chi connectivity index (χ4v) is 9.37. The molecule has 0 aromatic heterocycles. The van der Waals surface area contributed by atoms with E-state index in [1.54, 1.807) is 48.5 Å². The van der Waals surface area contributed by atoms with Crippen molar-refractivity contribution >= 4 is 55.0 Å². The van der Waals surface area contributed by atoms with Crippen LogP contribution in [0.5, 0.6) is 11.5 Å². The van der Waals surface area contributed by atoms with Gasteiger partial charge in [-0.2, -0.15) is 0 Å². The van der Waals surface area contributed by atoms with Crippen LogP contribution in [0.15, 0.2) is 84.9 Å². The molecule has 0 spiro atoms. The van der Waals surface area contributed by atoms with E-state index in [-0.39, 0.29) is 23.0 Å². The van der Waals surface area contributed by atoms with E-state index < -0.39 is 46.7 Å². The van der Waals surface area contributed by atoms with Crippen LogP contribution >= 0.6 is 0 Å². The maximum absolute atomic E-state index is 15.4. The zero-order valence-electron chi connectivity index (χ0n) is 31.2. The van der Waals surface area contributed by atoms with Crippen molar-refractivity contribution in [2.24, 2.45) is 11.8 Å². The van der Waals surface area contributed by atoms with Crippen LogP contribution in [0, 0.1) is 35.1 Å². The molecule has 7 aromatic carbocycles. The van der Waals surface area contributed by atoms with Gasteiger partial charge in [0.05, 0.1) is 11.1 Å². The van der Waals surface area contributed by atoms with Crippen molar-refractivity contribution in [3.05, 3.63) is 130 Å². The molecule has 284 valence electrons. The lowest BCUT2D eigenvalue weighted by molar-refractivity contribution is 0.0713. The molecule has 56 heavy (non-hydrogen) atoms. The maximum Gasteiger partial charge on any atom is 0.344 e. The Morgan fingerprint density at radius 1 is 0.464 bits per heavy atom. The first-order valence-electron chi connectivity index (χ1n) is 19.6. The molecule has 9 rings (SSSR count). The van der Waals surface area contributed by atoms with Crippen molar-refractivity contribution in [1.82, 2.24) is 0 Å². The summed E-state index contributed by atoms with van der Waals surface area (Å²) >= 11 is 0. The molecular weight excluding hydrogens is 717 g/mol. The average Bonchev–Trinajstić information content (AvgIpc) is 3.19. The number of benzene rings is 7. The van der Waals surface area contributed by atoms with E-state index in [1.807, 2.05) is 12.1 Å². The van der Waals surface area contributed by atoms with Gasteiger partial charge in [0.1, 0.15) is 0 Å². The van der Waals surface area contributed by atoms with Gasteiger partial charge in [0, 0.05) is 0 Å². The van der Waals surface area contributed by atoms with E-state index in [0.717, 1.165) is 83.7 Å². The largest absolute Gasteiger partial charge is 0.417 e. The third-order valence-corrected chi connectivity index (χ3v) is 12.5. The number of fused-ring (bicyclic) bond motifs is 2. The number of carbonyl (C=O) groups excluding carboxylic acids is 2. The molecule has 0 radical (unpaired) electrons. The minimum Gasteiger partial charge on any atom is -0.417 e. The Bertz CT molecular complexity index is 2440. The van der Waals surface area contributed by atoms with Crippen molar-refractivity contribution in [3.8, 4) is 11.5 Å². The van der Waals surface area contributed by atoms with Crippen molar-refractivity contribution in [3.63, 3.8) is 0 Å². The number of carbonyl (C=O) groups is 2. The van der Waals surface area contributed by atoms with Gasteiger partial charge in [0.2, 0.25) is 11.5 Å². The molecule has 4 nitrogen and oxygen atoms in total. The van der Waals surface area contributed by atoms with Gasteiger partial charge >= 0.3 is 11.9 Å². The van der Waals surface area contributed by atoms with E-state index in [0.29, 0.717) is 33.7 Å².